The molecule has 2 rings (SSSR count). The van der Waals surface area contributed by atoms with E-state index in [0.29, 0.717) is 5.54 Å². The fraction of sp³-hybridized carbons (Fsp3) is 1.00. The van der Waals surface area contributed by atoms with E-state index in [-0.39, 0.29) is 0 Å². The molecule has 1 saturated carbocycles. The molecule has 0 aromatic rings. The molecule has 2 unspecified atom stereocenters. The quantitative estimate of drug-likeness (QED) is 0.823. The number of hydrogen-bond donors (Lipinski definition) is 1. The van der Waals surface area contributed by atoms with E-state index in [1.54, 1.807) is 0 Å². The lowest BCUT2D eigenvalue weighted by molar-refractivity contribution is -0.0330. The van der Waals surface area contributed by atoms with Gasteiger partial charge in [0.15, 0.2) is 0 Å². The first-order valence-electron chi connectivity index (χ1n) is 9.09. The van der Waals surface area contributed by atoms with Crippen LogP contribution in [0.3, 0.4) is 0 Å². The summed E-state index contributed by atoms with van der Waals surface area (Å²) in [5.41, 5.74) is 6.67. The summed E-state index contributed by atoms with van der Waals surface area (Å²) in [6.07, 6.45) is 11.1. The average molecular weight is 280 g/mol. The van der Waals surface area contributed by atoms with Gasteiger partial charge in [0.1, 0.15) is 0 Å². The Morgan fingerprint density at radius 3 is 2.40 bits per heavy atom. The zero-order valence-electron chi connectivity index (χ0n) is 14.0. The maximum absolute atomic E-state index is 6.35. The van der Waals surface area contributed by atoms with Crippen LogP contribution >= 0.6 is 0 Å². The standard InChI is InChI=1S/C18H36N2/c1-4-7-16-9-12-20(13-10-16)18(14-19)11-6-5-8-17(18)15(2)3/h15-17H,4-14,19H2,1-3H3. The molecule has 1 heterocycles. The molecule has 1 saturated heterocycles. The molecule has 1 aliphatic carbocycles. The highest BCUT2D eigenvalue weighted by molar-refractivity contribution is 5.02. The summed E-state index contributed by atoms with van der Waals surface area (Å²) in [6, 6.07) is 0. The lowest BCUT2D eigenvalue weighted by atomic mass is 9.66. The van der Waals surface area contributed by atoms with Crippen LogP contribution in [0.5, 0.6) is 0 Å². The van der Waals surface area contributed by atoms with E-state index in [0.717, 1.165) is 24.3 Å². The fourth-order valence-corrected chi connectivity index (χ4v) is 5.05. The van der Waals surface area contributed by atoms with Crippen LogP contribution in [0.15, 0.2) is 0 Å². The molecule has 0 amide bonds. The summed E-state index contributed by atoms with van der Waals surface area (Å²) in [7, 11) is 0. The van der Waals surface area contributed by atoms with Crippen molar-refractivity contribution in [1.82, 2.24) is 4.90 Å². The molecular weight excluding hydrogens is 244 g/mol. The average Bonchev–Trinajstić information content (AvgIpc) is 2.48. The number of likely N-dealkylation sites (tertiary alicyclic amines) is 1. The molecule has 2 N–H and O–H groups in total. The molecule has 0 spiro atoms. The van der Waals surface area contributed by atoms with Gasteiger partial charge in [0.2, 0.25) is 0 Å². The molecule has 2 atom stereocenters. The second kappa shape index (κ2) is 7.26. The van der Waals surface area contributed by atoms with Crippen LogP contribution in [0, 0.1) is 17.8 Å². The summed E-state index contributed by atoms with van der Waals surface area (Å²) in [4.78, 5) is 2.81. The van der Waals surface area contributed by atoms with Gasteiger partial charge in [-0.2, -0.15) is 0 Å². The Labute approximate surface area is 126 Å². The highest BCUT2D eigenvalue weighted by Crippen LogP contribution is 2.43. The van der Waals surface area contributed by atoms with Crippen LogP contribution in [0.25, 0.3) is 0 Å². The SMILES string of the molecule is CCCC1CCN(C2(CN)CCCCC2C(C)C)CC1. The first kappa shape index (κ1) is 16.3. The van der Waals surface area contributed by atoms with Gasteiger partial charge in [0, 0.05) is 12.1 Å². The van der Waals surface area contributed by atoms with E-state index in [1.165, 1.54) is 64.5 Å². The number of rotatable bonds is 5. The first-order valence-corrected chi connectivity index (χ1v) is 9.09. The summed E-state index contributed by atoms with van der Waals surface area (Å²) < 4.78 is 0. The van der Waals surface area contributed by atoms with Crippen molar-refractivity contribution in [3.63, 3.8) is 0 Å². The molecule has 0 aromatic carbocycles. The predicted octanol–water partition coefficient (Wildman–Crippen LogP) is 4.04. The monoisotopic (exact) mass is 280 g/mol. The van der Waals surface area contributed by atoms with Crippen LogP contribution in [-0.2, 0) is 0 Å². The van der Waals surface area contributed by atoms with Crippen molar-refractivity contribution in [2.24, 2.45) is 23.5 Å². The molecule has 20 heavy (non-hydrogen) atoms. The van der Waals surface area contributed by atoms with Gasteiger partial charge in [-0.25, -0.2) is 0 Å². The van der Waals surface area contributed by atoms with Gasteiger partial charge in [-0.3, -0.25) is 4.90 Å². The Balaban J connectivity index is 2.06. The number of piperidine rings is 1. The minimum absolute atomic E-state index is 0.323. The molecule has 0 aromatic heterocycles. The lowest BCUT2D eigenvalue weighted by Gasteiger charge is -2.54. The zero-order valence-corrected chi connectivity index (χ0v) is 14.0. The van der Waals surface area contributed by atoms with Crippen LogP contribution in [-0.4, -0.2) is 30.1 Å². The van der Waals surface area contributed by atoms with Crippen molar-refractivity contribution < 1.29 is 0 Å². The van der Waals surface area contributed by atoms with Gasteiger partial charge in [0.25, 0.3) is 0 Å². The molecule has 2 nitrogen and oxygen atoms in total. The van der Waals surface area contributed by atoms with E-state index < -0.39 is 0 Å². The molecule has 0 radical (unpaired) electrons. The van der Waals surface area contributed by atoms with Crippen LogP contribution in [0.4, 0.5) is 0 Å². The van der Waals surface area contributed by atoms with Gasteiger partial charge in [-0.05, 0) is 56.5 Å². The Morgan fingerprint density at radius 1 is 1.15 bits per heavy atom. The molecule has 1 aliphatic heterocycles. The minimum atomic E-state index is 0.323. The van der Waals surface area contributed by atoms with E-state index >= 15 is 0 Å². The van der Waals surface area contributed by atoms with E-state index in [4.69, 9.17) is 5.73 Å². The Morgan fingerprint density at radius 2 is 1.85 bits per heavy atom. The Hall–Kier alpha value is -0.0800. The fourth-order valence-electron chi connectivity index (χ4n) is 5.05. The molecule has 2 heteroatoms. The van der Waals surface area contributed by atoms with E-state index in [1.807, 2.05) is 0 Å². The van der Waals surface area contributed by atoms with E-state index in [2.05, 4.69) is 25.7 Å². The third-order valence-electron chi connectivity index (χ3n) is 6.16. The molecular formula is C18H36N2. The maximum atomic E-state index is 6.35. The topological polar surface area (TPSA) is 29.3 Å². The minimum Gasteiger partial charge on any atom is -0.329 e. The van der Waals surface area contributed by atoms with Gasteiger partial charge in [-0.15, -0.1) is 0 Å². The summed E-state index contributed by atoms with van der Waals surface area (Å²) in [5, 5.41) is 0. The Bertz CT molecular complexity index is 281. The summed E-state index contributed by atoms with van der Waals surface area (Å²) >= 11 is 0. The molecule has 118 valence electrons. The Kier molecular flexibility index (Phi) is 5.92. The predicted molar refractivity (Wildman–Crippen MR) is 87.8 cm³/mol. The van der Waals surface area contributed by atoms with Crippen LogP contribution in [0.1, 0.15) is 72.1 Å². The van der Waals surface area contributed by atoms with E-state index in [9.17, 15) is 0 Å². The van der Waals surface area contributed by atoms with Gasteiger partial charge in [-0.1, -0.05) is 46.5 Å². The number of hydrogen-bond acceptors (Lipinski definition) is 2. The molecule has 2 fully saturated rings. The molecule has 2 aliphatic rings. The van der Waals surface area contributed by atoms with Crippen molar-refractivity contribution in [3.8, 4) is 0 Å². The van der Waals surface area contributed by atoms with Crippen molar-refractivity contribution >= 4 is 0 Å². The van der Waals surface area contributed by atoms with Crippen LogP contribution < -0.4 is 5.73 Å². The second-order valence-corrected chi connectivity index (χ2v) is 7.62. The summed E-state index contributed by atoms with van der Waals surface area (Å²) in [6.45, 7) is 10.6. The number of nitrogens with two attached hydrogens (primary N) is 1. The van der Waals surface area contributed by atoms with Crippen molar-refractivity contribution in [2.75, 3.05) is 19.6 Å². The lowest BCUT2D eigenvalue weighted by Crippen LogP contribution is -2.62. The second-order valence-electron chi connectivity index (χ2n) is 7.62. The maximum Gasteiger partial charge on any atom is 0.0362 e. The van der Waals surface area contributed by atoms with Gasteiger partial charge < -0.3 is 5.73 Å². The third kappa shape index (κ3) is 3.22. The van der Waals surface area contributed by atoms with Crippen molar-refractivity contribution in [1.29, 1.82) is 0 Å². The largest absolute Gasteiger partial charge is 0.329 e. The van der Waals surface area contributed by atoms with Crippen molar-refractivity contribution in [3.05, 3.63) is 0 Å². The zero-order chi connectivity index (χ0) is 14.6. The van der Waals surface area contributed by atoms with Gasteiger partial charge in [0.05, 0.1) is 0 Å². The normalized spacial score (nSPS) is 33.8. The third-order valence-corrected chi connectivity index (χ3v) is 6.16. The highest BCUT2D eigenvalue weighted by atomic mass is 15.2. The number of nitrogens with zero attached hydrogens (tertiary/aromatic N) is 1. The molecule has 0 bridgehead atoms. The first-order chi connectivity index (χ1) is 9.64. The highest BCUT2D eigenvalue weighted by Gasteiger charge is 2.46. The van der Waals surface area contributed by atoms with Crippen LogP contribution in [0.2, 0.25) is 0 Å². The van der Waals surface area contributed by atoms with Gasteiger partial charge >= 0.3 is 0 Å². The summed E-state index contributed by atoms with van der Waals surface area (Å²) in [5.74, 6) is 2.56. The smallest absolute Gasteiger partial charge is 0.0362 e. The van der Waals surface area contributed by atoms with Crippen molar-refractivity contribution in [2.45, 2.75) is 77.7 Å².